The van der Waals surface area contributed by atoms with Gasteiger partial charge in [-0.1, -0.05) is 30.7 Å². The van der Waals surface area contributed by atoms with Crippen molar-refractivity contribution in [2.75, 3.05) is 19.7 Å². The highest BCUT2D eigenvalue weighted by Gasteiger charge is 2.39. The van der Waals surface area contributed by atoms with Crippen molar-refractivity contribution in [1.82, 2.24) is 5.32 Å². The fourth-order valence-electron chi connectivity index (χ4n) is 2.14. The predicted molar refractivity (Wildman–Crippen MR) is 77.8 cm³/mol. The molecule has 1 aliphatic carbocycles. The number of halogens is 1. The van der Waals surface area contributed by atoms with Crippen molar-refractivity contribution < 1.29 is 9.84 Å². The van der Waals surface area contributed by atoms with Gasteiger partial charge in [0, 0.05) is 13.1 Å². The zero-order chi connectivity index (χ0) is 13.7. The number of hydrogen-bond acceptors (Lipinski definition) is 3. The van der Waals surface area contributed by atoms with Crippen LogP contribution in [-0.4, -0.2) is 30.9 Å². The molecule has 1 aromatic carbocycles. The zero-order valence-corrected chi connectivity index (χ0v) is 12.1. The average Bonchev–Trinajstić information content (AvgIpc) is 3.18. The number of nitrogens with one attached hydrogen (secondary N) is 1. The SMILES string of the molecule is CCC1(CNCC(O)COc2ccccc2Cl)CC1. The van der Waals surface area contributed by atoms with Gasteiger partial charge in [0.15, 0.2) is 0 Å². The molecule has 1 saturated carbocycles. The van der Waals surface area contributed by atoms with Crippen LogP contribution in [0.15, 0.2) is 24.3 Å². The fourth-order valence-corrected chi connectivity index (χ4v) is 2.33. The van der Waals surface area contributed by atoms with Crippen molar-refractivity contribution in [2.45, 2.75) is 32.3 Å². The molecule has 0 spiro atoms. The Kier molecular flexibility index (Phi) is 5.08. The third-order valence-electron chi connectivity index (χ3n) is 3.85. The summed E-state index contributed by atoms with van der Waals surface area (Å²) in [5, 5.41) is 13.8. The lowest BCUT2D eigenvalue weighted by molar-refractivity contribution is 0.105. The van der Waals surface area contributed by atoms with Gasteiger partial charge in [0.05, 0.1) is 5.02 Å². The molecule has 0 aliphatic heterocycles. The largest absolute Gasteiger partial charge is 0.489 e. The van der Waals surface area contributed by atoms with Crippen molar-refractivity contribution in [2.24, 2.45) is 5.41 Å². The molecule has 0 saturated heterocycles. The maximum Gasteiger partial charge on any atom is 0.138 e. The monoisotopic (exact) mass is 283 g/mol. The van der Waals surface area contributed by atoms with Crippen molar-refractivity contribution in [3.8, 4) is 5.75 Å². The number of aliphatic hydroxyl groups is 1. The Labute approximate surface area is 119 Å². The van der Waals surface area contributed by atoms with Crippen LogP contribution in [0.5, 0.6) is 5.75 Å². The first-order valence-electron chi connectivity index (χ1n) is 6.91. The lowest BCUT2D eigenvalue weighted by Crippen LogP contribution is -2.34. The van der Waals surface area contributed by atoms with Crippen molar-refractivity contribution in [3.05, 3.63) is 29.3 Å². The summed E-state index contributed by atoms with van der Waals surface area (Å²) in [6, 6.07) is 7.30. The Hall–Kier alpha value is -0.770. The van der Waals surface area contributed by atoms with Crippen LogP contribution >= 0.6 is 11.6 Å². The van der Waals surface area contributed by atoms with Gasteiger partial charge in [-0.15, -0.1) is 0 Å². The topological polar surface area (TPSA) is 41.5 Å². The molecule has 0 heterocycles. The number of ether oxygens (including phenoxy) is 1. The van der Waals surface area contributed by atoms with Gasteiger partial charge in [0.1, 0.15) is 18.5 Å². The van der Waals surface area contributed by atoms with Gasteiger partial charge >= 0.3 is 0 Å². The summed E-state index contributed by atoms with van der Waals surface area (Å²) in [5.74, 6) is 0.621. The van der Waals surface area contributed by atoms with E-state index in [9.17, 15) is 5.11 Å². The number of aliphatic hydroxyl groups excluding tert-OH is 1. The summed E-state index contributed by atoms with van der Waals surface area (Å²) in [5.41, 5.74) is 0.503. The summed E-state index contributed by atoms with van der Waals surface area (Å²) in [4.78, 5) is 0. The molecule has 1 atom stereocenters. The molecule has 0 amide bonds. The molecule has 2 N–H and O–H groups in total. The maximum atomic E-state index is 9.86. The molecule has 1 aromatic rings. The van der Waals surface area contributed by atoms with Gasteiger partial charge in [-0.05, 0) is 36.8 Å². The molecule has 19 heavy (non-hydrogen) atoms. The number of benzene rings is 1. The van der Waals surface area contributed by atoms with Crippen LogP contribution in [0.2, 0.25) is 5.02 Å². The van der Waals surface area contributed by atoms with E-state index in [4.69, 9.17) is 16.3 Å². The Morgan fingerprint density at radius 1 is 1.42 bits per heavy atom. The second-order valence-corrected chi connectivity index (χ2v) is 5.79. The van der Waals surface area contributed by atoms with Gasteiger partial charge in [0.2, 0.25) is 0 Å². The number of para-hydroxylation sites is 1. The molecule has 1 fully saturated rings. The third kappa shape index (κ3) is 4.37. The van der Waals surface area contributed by atoms with E-state index in [2.05, 4.69) is 12.2 Å². The molecule has 0 radical (unpaired) electrons. The maximum absolute atomic E-state index is 9.86. The Bertz CT molecular complexity index is 407. The summed E-state index contributed by atoms with van der Waals surface area (Å²) >= 11 is 5.98. The van der Waals surface area contributed by atoms with E-state index < -0.39 is 6.10 Å². The van der Waals surface area contributed by atoms with Crippen LogP contribution in [0.25, 0.3) is 0 Å². The lowest BCUT2D eigenvalue weighted by atomic mass is 10.0. The first-order chi connectivity index (χ1) is 9.15. The van der Waals surface area contributed by atoms with E-state index >= 15 is 0 Å². The average molecular weight is 284 g/mol. The molecule has 2 rings (SSSR count). The quantitative estimate of drug-likeness (QED) is 0.771. The van der Waals surface area contributed by atoms with Crippen molar-refractivity contribution in [3.63, 3.8) is 0 Å². The van der Waals surface area contributed by atoms with E-state index in [1.165, 1.54) is 19.3 Å². The second kappa shape index (κ2) is 6.60. The van der Waals surface area contributed by atoms with E-state index in [1.54, 1.807) is 12.1 Å². The minimum atomic E-state index is -0.510. The molecular formula is C15H22ClNO2. The van der Waals surface area contributed by atoms with Crippen molar-refractivity contribution >= 4 is 11.6 Å². The van der Waals surface area contributed by atoms with E-state index in [-0.39, 0.29) is 6.61 Å². The summed E-state index contributed by atoms with van der Waals surface area (Å²) in [6.45, 7) is 4.04. The van der Waals surface area contributed by atoms with Gasteiger partial charge in [-0.2, -0.15) is 0 Å². The minimum absolute atomic E-state index is 0.260. The van der Waals surface area contributed by atoms with Gasteiger partial charge in [-0.25, -0.2) is 0 Å². The molecule has 0 aromatic heterocycles. The normalized spacial score (nSPS) is 18.1. The first kappa shape index (κ1) is 14.6. The minimum Gasteiger partial charge on any atom is -0.489 e. The zero-order valence-electron chi connectivity index (χ0n) is 11.4. The smallest absolute Gasteiger partial charge is 0.138 e. The molecular weight excluding hydrogens is 262 g/mol. The van der Waals surface area contributed by atoms with E-state index in [1.807, 2.05) is 12.1 Å². The molecule has 3 nitrogen and oxygen atoms in total. The highest BCUT2D eigenvalue weighted by atomic mass is 35.5. The van der Waals surface area contributed by atoms with Crippen LogP contribution in [-0.2, 0) is 0 Å². The lowest BCUT2D eigenvalue weighted by Gasteiger charge is -2.17. The van der Waals surface area contributed by atoms with Crippen LogP contribution in [0.1, 0.15) is 26.2 Å². The highest BCUT2D eigenvalue weighted by molar-refractivity contribution is 6.32. The van der Waals surface area contributed by atoms with Crippen molar-refractivity contribution in [1.29, 1.82) is 0 Å². The van der Waals surface area contributed by atoms with Gasteiger partial charge < -0.3 is 15.2 Å². The first-order valence-corrected chi connectivity index (χ1v) is 7.29. The second-order valence-electron chi connectivity index (χ2n) is 5.38. The van der Waals surface area contributed by atoms with E-state index in [0.717, 1.165) is 6.54 Å². The summed E-state index contributed by atoms with van der Waals surface area (Å²) < 4.78 is 5.50. The summed E-state index contributed by atoms with van der Waals surface area (Å²) in [7, 11) is 0. The molecule has 1 aliphatic rings. The van der Waals surface area contributed by atoms with Crippen LogP contribution in [0.4, 0.5) is 0 Å². The molecule has 106 valence electrons. The Balaban J connectivity index is 1.65. The van der Waals surface area contributed by atoms with Crippen LogP contribution < -0.4 is 10.1 Å². The molecule has 1 unspecified atom stereocenters. The standard InChI is InChI=1S/C15H22ClNO2/c1-2-15(7-8-15)11-17-9-12(18)10-19-14-6-4-3-5-13(14)16/h3-6,12,17-18H,2,7-11H2,1H3. The predicted octanol–water partition coefficient (Wildman–Crippen LogP) is 2.86. The van der Waals surface area contributed by atoms with Crippen LogP contribution in [0.3, 0.4) is 0 Å². The Morgan fingerprint density at radius 3 is 2.79 bits per heavy atom. The fraction of sp³-hybridized carbons (Fsp3) is 0.600. The van der Waals surface area contributed by atoms with Crippen LogP contribution in [0, 0.1) is 5.41 Å². The highest BCUT2D eigenvalue weighted by Crippen LogP contribution is 2.47. The Morgan fingerprint density at radius 2 is 2.16 bits per heavy atom. The van der Waals surface area contributed by atoms with E-state index in [0.29, 0.717) is 22.7 Å². The number of hydrogen-bond donors (Lipinski definition) is 2. The van der Waals surface area contributed by atoms with Gasteiger partial charge in [0.25, 0.3) is 0 Å². The summed E-state index contributed by atoms with van der Waals surface area (Å²) in [6.07, 6.45) is 3.32. The number of rotatable bonds is 8. The molecule has 4 heteroatoms. The molecule has 0 bridgehead atoms. The third-order valence-corrected chi connectivity index (χ3v) is 4.17. The van der Waals surface area contributed by atoms with Gasteiger partial charge in [-0.3, -0.25) is 0 Å².